The largest absolute Gasteiger partial charge is 0.478 e. The summed E-state index contributed by atoms with van der Waals surface area (Å²) in [4.78, 5) is 8.19. The van der Waals surface area contributed by atoms with Crippen molar-refractivity contribution in [2.45, 2.75) is 13.3 Å². The molecule has 5 nitrogen and oxygen atoms in total. The molecule has 92 valence electrons. The normalized spacial score (nSPS) is 15.2. The van der Waals surface area contributed by atoms with Gasteiger partial charge in [-0.05, 0) is 19.9 Å². The molecule has 0 atom stereocenters. The van der Waals surface area contributed by atoms with Gasteiger partial charge in [-0.1, -0.05) is 11.6 Å². The highest BCUT2D eigenvalue weighted by Crippen LogP contribution is 2.12. The molecule has 0 radical (unpaired) electrons. The van der Waals surface area contributed by atoms with Gasteiger partial charge in [0.25, 0.3) is 0 Å². The van der Waals surface area contributed by atoms with E-state index in [2.05, 4.69) is 26.7 Å². The van der Waals surface area contributed by atoms with E-state index in [-0.39, 0.29) is 0 Å². The average molecular weight is 234 g/mol. The highest BCUT2D eigenvalue weighted by Gasteiger charge is 2.03. The van der Waals surface area contributed by atoms with Gasteiger partial charge in [-0.15, -0.1) is 0 Å². The topological polar surface area (TPSA) is 59.1 Å². The summed E-state index contributed by atoms with van der Waals surface area (Å²) < 4.78 is 5.32. The second-order valence-corrected chi connectivity index (χ2v) is 3.84. The Balaban J connectivity index is 1.89. The number of nitrogens with one attached hydrogen (secondary N) is 2. The quantitative estimate of drug-likeness (QED) is 0.750. The van der Waals surface area contributed by atoms with E-state index in [1.165, 1.54) is 11.9 Å². The second-order valence-electron chi connectivity index (χ2n) is 3.84. The van der Waals surface area contributed by atoms with E-state index >= 15 is 0 Å². The molecule has 1 aliphatic rings. The number of nitrogens with zero attached hydrogens (tertiary/aromatic N) is 2. The fourth-order valence-electron chi connectivity index (χ4n) is 1.70. The predicted molar refractivity (Wildman–Crippen MR) is 67.3 cm³/mol. The van der Waals surface area contributed by atoms with Crippen LogP contribution < -0.4 is 15.4 Å². The Bertz CT molecular complexity index is 392. The zero-order valence-electron chi connectivity index (χ0n) is 10.1. The zero-order chi connectivity index (χ0) is 11.9. The molecule has 0 unspecified atom stereocenters. The van der Waals surface area contributed by atoms with E-state index in [1.807, 2.05) is 13.0 Å². The van der Waals surface area contributed by atoms with Crippen molar-refractivity contribution in [1.29, 1.82) is 0 Å². The van der Waals surface area contributed by atoms with Crippen LogP contribution in [0, 0.1) is 0 Å². The molecule has 5 heteroatoms. The Morgan fingerprint density at radius 1 is 1.47 bits per heavy atom. The lowest BCUT2D eigenvalue weighted by atomic mass is 10.1. The molecule has 0 aliphatic carbocycles. The van der Waals surface area contributed by atoms with Crippen molar-refractivity contribution in [1.82, 2.24) is 15.3 Å². The Morgan fingerprint density at radius 2 is 2.41 bits per heavy atom. The highest BCUT2D eigenvalue weighted by molar-refractivity contribution is 5.38. The summed E-state index contributed by atoms with van der Waals surface area (Å²) in [5.74, 6) is 1.42. The van der Waals surface area contributed by atoms with E-state index in [9.17, 15) is 0 Å². The van der Waals surface area contributed by atoms with Gasteiger partial charge in [0, 0.05) is 19.2 Å². The number of ether oxygens (including phenoxy) is 1. The summed E-state index contributed by atoms with van der Waals surface area (Å²) in [6, 6.07) is 1.82. The van der Waals surface area contributed by atoms with Gasteiger partial charge in [0.05, 0.1) is 6.61 Å². The van der Waals surface area contributed by atoms with Crippen LogP contribution in [0.5, 0.6) is 5.88 Å². The molecule has 1 aromatic heterocycles. The molecule has 0 fully saturated rings. The first-order valence-corrected chi connectivity index (χ1v) is 5.96. The van der Waals surface area contributed by atoms with Crippen molar-refractivity contribution in [3.63, 3.8) is 0 Å². The Kier molecular flexibility index (Phi) is 4.32. The van der Waals surface area contributed by atoms with Gasteiger partial charge < -0.3 is 15.4 Å². The van der Waals surface area contributed by atoms with Crippen LogP contribution in [0.4, 0.5) is 5.82 Å². The molecule has 1 aliphatic heterocycles. The van der Waals surface area contributed by atoms with Crippen molar-refractivity contribution < 1.29 is 4.74 Å². The minimum Gasteiger partial charge on any atom is -0.478 e. The van der Waals surface area contributed by atoms with Crippen LogP contribution in [0.3, 0.4) is 0 Å². The summed E-state index contributed by atoms with van der Waals surface area (Å²) in [6.07, 6.45) is 4.83. The Morgan fingerprint density at radius 3 is 3.18 bits per heavy atom. The predicted octanol–water partition coefficient (Wildman–Crippen LogP) is 1.21. The van der Waals surface area contributed by atoms with Gasteiger partial charge >= 0.3 is 0 Å². The summed E-state index contributed by atoms with van der Waals surface area (Å²) in [7, 11) is 0. The number of anilines is 1. The van der Waals surface area contributed by atoms with Crippen LogP contribution >= 0.6 is 0 Å². The van der Waals surface area contributed by atoms with E-state index in [0.29, 0.717) is 12.5 Å². The third-order valence-corrected chi connectivity index (χ3v) is 2.59. The standard InChI is InChI=1S/C12H18N4O/c1-2-17-12-7-11(15-9-16-12)14-8-10-3-5-13-6-4-10/h3,7,9,13H,2,4-6,8H2,1H3,(H,14,15,16). The van der Waals surface area contributed by atoms with Gasteiger partial charge in [0.1, 0.15) is 12.1 Å². The van der Waals surface area contributed by atoms with Crippen molar-refractivity contribution in [2.75, 3.05) is 31.6 Å². The maximum atomic E-state index is 5.32. The zero-order valence-corrected chi connectivity index (χ0v) is 10.1. The minimum atomic E-state index is 0.615. The van der Waals surface area contributed by atoms with Crippen molar-refractivity contribution >= 4 is 5.82 Å². The lowest BCUT2D eigenvalue weighted by molar-refractivity contribution is 0.326. The maximum Gasteiger partial charge on any atom is 0.218 e. The Hall–Kier alpha value is -1.62. The molecule has 0 aromatic carbocycles. The summed E-state index contributed by atoms with van der Waals surface area (Å²) in [5.41, 5.74) is 1.42. The number of hydrogen-bond acceptors (Lipinski definition) is 5. The average Bonchev–Trinajstić information content (AvgIpc) is 2.39. The summed E-state index contributed by atoms with van der Waals surface area (Å²) in [6.45, 7) is 5.42. The Labute approximate surface area is 101 Å². The van der Waals surface area contributed by atoms with Crippen LogP contribution in [-0.4, -0.2) is 36.2 Å². The van der Waals surface area contributed by atoms with Crippen LogP contribution in [-0.2, 0) is 0 Å². The first kappa shape index (κ1) is 11.9. The number of aromatic nitrogens is 2. The number of hydrogen-bond donors (Lipinski definition) is 2. The smallest absolute Gasteiger partial charge is 0.218 e. The molecule has 0 amide bonds. The highest BCUT2D eigenvalue weighted by atomic mass is 16.5. The molecule has 1 aromatic rings. The number of rotatable bonds is 5. The third-order valence-electron chi connectivity index (χ3n) is 2.59. The summed E-state index contributed by atoms with van der Waals surface area (Å²) in [5, 5.41) is 6.57. The first-order chi connectivity index (χ1) is 8.38. The van der Waals surface area contributed by atoms with Crippen molar-refractivity contribution in [3.05, 3.63) is 24.0 Å². The van der Waals surface area contributed by atoms with E-state index < -0.39 is 0 Å². The first-order valence-electron chi connectivity index (χ1n) is 5.96. The van der Waals surface area contributed by atoms with Crippen LogP contribution in [0.2, 0.25) is 0 Å². The lowest BCUT2D eigenvalue weighted by Gasteiger charge is -2.14. The van der Waals surface area contributed by atoms with Gasteiger partial charge in [0.15, 0.2) is 0 Å². The molecule has 0 bridgehead atoms. The maximum absolute atomic E-state index is 5.32. The molecule has 2 rings (SSSR count). The van der Waals surface area contributed by atoms with Gasteiger partial charge in [-0.2, -0.15) is 0 Å². The van der Waals surface area contributed by atoms with Crippen molar-refractivity contribution in [3.8, 4) is 5.88 Å². The molecular weight excluding hydrogens is 216 g/mol. The van der Waals surface area contributed by atoms with Crippen molar-refractivity contribution in [2.24, 2.45) is 0 Å². The SMILES string of the molecule is CCOc1cc(NCC2=CCNCC2)ncn1. The van der Waals surface area contributed by atoms with Crippen LogP contribution in [0.15, 0.2) is 24.0 Å². The molecule has 0 saturated carbocycles. The van der Waals surface area contributed by atoms with Crippen LogP contribution in [0.1, 0.15) is 13.3 Å². The van der Waals surface area contributed by atoms with E-state index in [4.69, 9.17) is 4.74 Å². The summed E-state index contributed by atoms with van der Waals surface area (Å²) >= 11 is 0. The minimum absolute atomic E-state index is 0.615. The fourth-order valence-corrected chi connectivity index (χ4v) is 1.70. The van der Waals surface area contributed by atoms with Gasteiger partial charge in [0.2, 0.25) is 5.88 Å². The molecule has 0 spiro atoms. The van der Waals surface area contributed by atoms with Crippen LogP contribution in [0.25, 0.3) is 0 Å². The van der Waals surface area contributed by atoms with E-state index in [1.54, 1.807) is 0 Å². The van der Waals surface area contributed by atoms with Gasteiger partial charge in [-0.3, -0.25) is 0 Å². The molecule has 2 N–H and O–H groups in total. The van der Waals surface area contributed by atoms with E-state index in [0.717, 1.165) is 31.9 Å². The monoisotopic (exact) mass is 234 g/mol. The molecule has 17 heavy (non-hydrogen) atoms. The molecule has 2 heterocycles. The lowest BCUT2D eigenvalue weighted by Crippen LogP contribution is -2.23. The fraction of sp³-hybridized carbons (Fsp3) is 0.500. The second kappa shape index (κ2) is 6.20. The third kappa shape index (κ3) is 3.71. The molecule has 0 saturated heterocycles. The molecular formula is C12H18N4O. The van der Waals surface area contributed by atoms with Gasteiger partial charge in [-0.25, -0.2) is 9.97 Å².